The summed E-state index contributed by atoms with van der Waals surface area (Å²) in [5.74, 6) is 2.44. The van der Waals surface area contributed by atoms with Gasteiger partial charge in [0.1, 0.15) is 11.6 Å². The largest absolute Gasteiger partial charge is 0.434 e. The first-order chi connectivity index (χ1) is 13.1. The number of nitrogens with one attached hydrogen (secondary N) is 2. The first kappa shape index (κ1) is 22.6. The summed E-state index contributed by atoms with van der Waals surface area (Å²) in [5, 5.41) is 15.1. The summed E-state index contributed by atoms with van der Waals surface area (Å²) in [6, 6.07) is 4.48. The van der Waals surface area contributed by atoms with Gasteiger partial charge in [0, 0.05) is 30.1 Å². The number of nitrogens with zero attached hydrogens (tertiary/aromatic N) is 4. The Balaban J connectivity index is 0.00000280. The number of hydrogen-bond donors (Lipinski definition) is 2. The van der Waals surface area contributed by atoms with Gasteiger partial charge >= 0.3 is 6.61 Å². The van der Waals surface area contributed by atoms with Gasteiger partial charge in [-0.05, 0) is 31.5 Å². The molecular weight excluding hydrogens is 505 g/mol. The van der Waals surface area contributed by atoms with Gasteiger partial charge in [0.15, 0.2) is 11.8 Å². The van der Waals surface area contributed by atoms with Crippen LogP contribution in [0.3, 0.4) is 0 Å². The van der Waals surface area contributed by atoms with Crippen LogP contribution in [0.25, 0.3) is 0 Å². The molecule has 0 aliphatic carbocycles. The third-order valence-electron chi connectivity index (χ3n) is 4.09. The normalized spacial score (nSPS) is 13.2. The molecular formula is C17H22ClF2IN6O. The molecule has 0 atom stereocenters. The fourth-order valence-corrected chi connectivity index (χ4v) is 3.09. The average molecular weight is 527 g/mol. The first-order valence-electron chi connectivity index (χ1n) is 8.73. The molecule has 0 amide bonds. The van der Waals surface area contributed by atoms with Gasteiger partial charge < -0.3 is 19.9 Å². The number of ether oxygens (including phenoxy) is 1. The predicted molar refractivity (Wildman–Crippen MR) is 113 cm³/mol. The van der Waals surface area contributed by atoms with Crippen LogP contribution in [0.4, 0.5) is 8.78 Å². The van der Waals surface area contributed by atoms with Crippen molar-refractivity contribution in [3.05, 3.63) is 40.4 Å². The smallest absolute Gasteiger partial charge is 0.387 e. The molecule has 0 fully saturated rings. The van der Waals surface area contributed by atoms with E-state index in [4.69, 9.17) is 11.6 Å². The van der Waals surface area contributed by atoms with Gasteiger partial charge in [0.05, 0.1) is 13.1 Å². The highest BCUT2D eigenvalue weighted by molar-refractivity contribution is 14.0. The zero-order valence-corrected chi connectivity index (χ0v) is 18.4. The number of rotatable bonds is 7. The number of fused-ring (bicyclic) bond motifs is 1. The minimum atomic E-state index is -2.91. The maximum Gasteiger partial charge on any atom is 0.387 e. The summed E-state index contributed by atoms with van der Waals surface area (Å²) in [4.78, 5) is 4.44. The van der Waals surface area contributed by atoms with E-state index in [-0.39, 0.29) is 36.3 Å². The Bertz CT molecular complexity index is 817. The number of hydrogen-bond acceptors (Lipinski definition) is 4. The molecule has 1 aliphatic rings. The molecule has 1 aromatic carbocycles. The van der Waals surface area contributed by atoms with Crippen LogP contribution in [-0.2, 0) is 26.1 Å². The molecule has 28 heavy (non-hydrogen) atoms. The molecule has 0 saturated carbocycles. The summed E-state index contributed by atoms with van der Waals surface area (Å²) >= 11 is 5.97. The number of alkyl halides is 2. The van der Waals surface area contributed by atoms with Crippen molar-refractivity contribution in [3.63, 3.8) is 0 Å². The monoisotopic (exact) mass is 526 g/mol. The molecule has 2 aromatic rings. The molecule has 0 spiro atoms. The van der Waals surface area contributed by atoms with Gasteiger partial charge in [-0.1, -0.05) is 11.6 Å². The van der Waals surface area contributed by atoms with Crippen LogP contribution in [-0.4, -0.2) is 33.9 Å². The molecule has 1 aromatic heterocycles. The number of halogens is 4. The van der Waals surface area contributed by atoms with Crippen LogP contribution in [0, 0.1) is 0 Å². The lowest BCUT2D eigenvalue weighted by Crippen LogP contribution is -2.37. The quantitative estimate of drug-likeness (QED) is 0.329. The van der Waals surface area contributed by atoms with Crippen LogP contribution in [0.2, 0.25) is 5.02 Å². The van der Waals surface area contributed by atoms with Crippen molar-refractivity contribution in [2.75, 3.05) is 6.54 Å². The van der Waals surface area contributed by atoms with Crippen molar-refractivity contribution < 1.29 is 13.5 Å². The Morgan fingerprint density at radius 2 is 2.18 bits per heavy atom. The van der Waals surface area contributed by atoms with Crippen LogP contribution in [0.1, 0.15) is 30.6 Å². The third-order valence-corrected chi connectivity index (χ3v) is 4.33. The van der Waals surface area contributed by atoms with Crippen LogP contribution < -0.4 is 15.4 Å². The van der Waals surface area contributed by atoms with E-state index in [0.717, 1.165) is 31.0 Å². The van der Waals surface area contributed by atoms with Gasteiger partial charge in [-0.3, -0.25) is 0 Å². The van der Waals surface area contributed by atoms with Gasteiger partial charge in [-0.2, -0.15) is 8.78 Å². The average Bonchev–Trinajstić information content (AvgIpc) is 3.23. The van der Waals surface area contributed by atoms with Gasteiger partial charge in [-0.25, -0.2) is 4.99 Å². The Kier molecular flexibility index (Phi) is 8.67. The summed E-state index contributed by atoms with van der Waals surface area (Å²) < 4.78 is 31.8. The Morgan fingerprint density at radius 3 is 2.93 bits per heavy atom. The highest BCUT2D eigenvalue weighted by atomic mass is 127. The third kappa shape index (κ3) is 5.90. The molecule has 3 rings (SSSR count). The molecule has 11 heteroatoms. The highest BCUT2D eigenvalue weighted by Crippen LogP contribution is 2.25. The fourth-order valence-electron chi connectivity index (χ4n) is 2.89. The van der Waals surface area contributed by atoms with Gasteiger partial charge in [0.25, 0.3) is 0 Å². The molecule has 1 aliphatic heterocycles. The Morgan fingerprint density at radius 1 is 1.36 bits per heavy atom. The molecule has 0 radical (unpaired) electrons. The Hall–Kier alpha value is -1.69. The topological polar surface area (TPSA) is 76.4 Å². The maximum atomic E-state index is 12.6. The zero-order valence-electron chi connectivity index (χ0n) is 15.3. The predicted octanol–water partition coefficient (Wildman–Crippen LogP) is 3.35. The second-order valence-electron chi connectivity index (χ2n) is 5.97. The van der Waals surface area contributed by atoms with E-state index in [2.05, 4.69) is 35.1 Å². The standard InChI is InChI=1S/C17H21ClF2N6O.HI/c1-2-21-17(23-10-15-25-24-14-4-3-7-26(14)15)22-9-11-8-12(18)5-6-13(11)27-16(19)20;/h5-6,8,16H,2-4,7,9-10H2,1H3,(H2,21,22,23);1H. The molecule has 0 saturated heterocycles. The minimum absolute atomic E-state index is 0. The van der Waals surface area contributed by atoms with E-state index in [1.54, 1.807) is 6.07 Å². The second kappa shape index (κ2) is 10.7. The van der Waals surface area contributed by atoms with Crippen molar-refractivity contribution in [2.24, 2.45) is 4.99 Å². The molecule has 0 unspecified atom stereocenters. The van der Waals surface area contributed by atoms with Crippen LogP contribution in [0.15, 0.2) is 23.2 Å². The second-order valence-corrected chi connectivity index (χ2v) is 6.40. The lowest BCUT2D eigenvalue weighted by atomic mass is 10.2. The van der Waals surface area contributed by atoms with Crippen molar-refractivity contribution in [1.29, 1.82) is 0 Å². The lowest BCUT2D eigenvalue weighted by molar-refractivity contribution is -0.0504. The van der Waals surface area contributed by atoms with Gasteiger partial charge in [0.2, 0.25) is 0 Å². The van der Waals surface area contributed by atoms with Crippen LogP contribution >= 0.6 is 35.6 Å². The molecule has 0 bridgehead atoms. The highest BCUT2D eigenvalue weighted by Gasteiger charge is 2.17. The summed E-state index contributed by atoms with van der Waals surface area (Å²) in [7, 11) is 0. The zero-order chi connectivity index (χ0) is 19.2. The van der Waals surface area contributed by atoms with E-state index in [1.165, 1.54) is 12.1 Å². The molecule has 2 heterocycles. The maximum absolute atomic E-state index is 12.6. The number of guanidine groups is 1. The minimum Gasteiger partial charge on any atom is -0.434 e. The molecule has 7 nitrogen and oxygen atoms in total. The van der Waals surface area contributed by atoms with Gasteiger partial charge in [-0.15, -0.1) is 34.2 Å². The van der Waals surface area contributed by atoms with E-state index in [9.17, 15) is 8.78 Å². The van der Waals surface area contributed by atoms with Crippen molar-refractivity contribution in [1.82, 2.24) is 25.4 Å². The summed E-state index contributed by atoms with van der Waals surface area (Å²) in [6.45, 7) is 1.21. The molecule has 2 N–H and O–H groups in total. The number of aryl methyl sites for hydroxylation is 1. The molecule has 154 valence electrons. The van der Waals surface area contributed by atoms with Crippen LogP contribution in [0.5, 0.6) is 5.75 Å². The number of aliphatic imine (C=N–C) groups is 1. The number of aromatic nitrogens is 3. The lowest BCUT2D eigenvalue weighted by Gasteiger charge is -2.13. The fraction of sp³-hybridized carbons (Fsp3) is 0.471. The van der Waals surface area contributed by atoms with Crippen molar-refractivity contribution in [3.8, 4) is 5.75 Å². The first-order valence-corrected chi connectivity index (χ1v) is 9.11. The number of benzene rings is 1. The summed E-state index contributed by atoms with van der Waals surface area (Å²) in [5.41, 5.74) is 0.475. The Labute approximate surface area is 183 Å². The SMILES string of the molecule is CCNC(=NCc1cc(Cl)ccc1OC(F)F)NCc1nnc2n1CCC2.I. The van der Waals surface area contributed by atoms with Crippen molar-refractivity contribution in [2.45, 2.75) is 46.0 Å². The van der Waals surface area contributed by atoms with E-state index in [0.29, 0.717) is 29.6 Å². The van der Waals surface area contributed by atoms with Crippen molar-refractivity contribution >= 4 is 41.5 Å². The van der Waals surface area contributed by atoms with E-state index >= 15 is 0 Å². The van der Waals surface area contributed by atoms with E-state index < -0.39 is 6.61 Å². The summed E-state index contributed by atoms with van der Waals surface area (Å²) in [6.07, 6.45) is 2.02. The van der Waals surface area contributed by atoms with E-state index in [1.807, 2.05) is 6.92 Å².